The van der Waals surface area contributed by atoms with E-state index in [1.54, 1.807) is 0 Å². The number of aromatic nitrogens is 2. The average molecular weight is 271 g/mol. The van der Waals surface area contributed by atoms with Crippen LogP contribution in [0.2, 0.25) is 0 Å². The van der Waals surface area contributed by atoms with Crippen molar-refractivity contribution in [3.05, 3.63) is 34.6 Å². The van der Waals surface area contributed by atoms with Crippen LogP contribution in [0.4, 0.5) is 5.95 Å². The molecule has 20 heavy (non-hydrogen) atoms. The van der Waals surface area contributed by atoms with Gasteiger partial charge in [0.05, 0.1) is 10.9 Å². The lowest BCUT2D eigenvalue weighted by atomic mass is 9.85. The van der Waals surface area contributed by atoms with Crippen molar-refractivity contribution in [2.75, 3.05) is 18.0 Å². The minimum absolute atomic E-state index is 0.0471. The van der Waals surface area contributed by atoms with Gasteiger partial charge >= 0.3 is 0 Å². The molecule has 0 aliphatic carbocycles. The van der Waals surface area contributed by atoms with Gasteiger partial charge in [0.15, 0.2) is 0 Å². The summed E-state index contributed by atoms with van der Waals surface area (Å²) >= 11 is 0. The number of nitrogens with one attached hydrogen (secondary N) is 1. The van der Waals surface area contributed by atoms with Crippen molar-refractivity contribution >= 4 is 16.9 Å². The van der Waals surface area contributed by atoms with Gasteiger partial charge in [0.25, 0.3) is 5.56 Å². The summed E-state index contributed by atoms with van der Waals surface area (Å²) in [4.78, 5) is 21.9. The molecule has 1 aliphatic rings. The van der Waals surface area contributed by atoms with Gasteiger partial charge in [-0.2, -0.15) is 0 Å². The highest BCUT2D eigenvalue weighted by molar-refractivity contribution is 5.78. The highest BCUT2D eigenvalue weighted by Crippen LogP contribution is 2.30. The summed E-state index contributed by atoms with van der Waals surface area (Å²) in [7, 11) is 0. The molecule has 0 unspecified atom stereocenters. The van der Waals surface area contributed by atoms with E-state index in [0.717, 1.165) is 31.4 Å². The first kappa shape index (κ1) is 13.2. The third-order valence-electron chi connectivity index (χ3n) is 4.24. The zero-order valence-electron chi connectivity index (χ0n) is 12.1. The number of rotatable bonds is 1. The minimum Gasteiger partial charge on any atom is -0.342 e. The second-order valence-corrected chi connectivity index (χ2v) is 6.41. The molecule has 1 aliphatic heterocycles. The summed E-state index contributed by atoms with van der Waals surface area (Å²) in [6, 6.07) is 7.50. The molecule has 0 bridgehead atoms. The number of benzene rings is 1. The van der Waals surface area contributed by atoms with Crippen molar-refractivity contribution in [2.45, 2.75) is 33.1 Å². The van der Waals surface area contributed by atoms with Gasteiger partial charge in [-0.1, -0.05) is 26.0 Å². The van der Waals surface area contributed by atoms with E-state index in [1.165, 1.54) is 6.42 Å². The van der Waals surface area contributed by atoms with E-state index in [4.69, 9.17) is 0 Å². The molecule has 0 radical (unpaired) electrons. The standard InChI is InChI=1S/C16H21N3O/c1-16(2)8-5-10-19(11-9-16)15-17-13-7-4-3-6-12(13)14(20)18-15/h3-4,6-7H,5,8-11H2,1-2H3,(H,17,18,20). The van der Waals surface area contributed by atoms with Crippen molar-refractivity contribution in [2.24, 2.45) is 5.41 Å². The summed E-state index contributed by atoms with van der Waals surface area (Å²) in [6.07, 6.45) is 3.49. The molecule has 0 amide bonds. The zero-order chi connectivity index (χ0) is 14.2. The van der Waals surface area contributed by atoms with E-state index >= 15 is 0 Å². The molecule has 1 aromatic carbocycles. The Morgan fingerprint density at radius 1 is 1.20 bits per heavy atom. The third kappa shape index (κ3) is 2.55. The van der Waals surface area contributed by atoms with Crippen LogP contribution in [0.1, 0.15) is 33.1 Å². The molecule has 4 heteroatoms. The topological polar surface area (TPSA) is 49.0 Å². The molecule has 1 saturated heterocycles. The normalized spacial score (nSPS) is 19.0. The van der Waals surface area contributed by atoms with E-state index < -0.39 is 0 Å². The Kier molecular flexibility index (Phi) is 3.24. The molecule has 3 rings (SSSR count). The number of aromatic amines is 1. The molecule has 106 valence electrons. The molecule has 1 fully saturated rings. The number of fused-ring (bicyclic) bond motifs is 1. The smallest absolute Gasteiger partial charge is 0.260 e. The minimum atomic E-state index is -0.0471. The Hall–Kier alpha value is -1.84. The van der Waals surface area contributed by atoms with Crippen LogP contribution < -0.4 is 10.5 Å². The number of para-hydroxylation sites is 1. The van der Waals surface area contributed by atoms with Crippen LogP contribution in [-0.4, -0.2) is 23.1 Å². The molecule has 1 aromatic heterocycles. The van der Waals surface area contributed by atoms with Crippen LogP contribution in [0.5, 0.6) is 0 Å². The SMILES string of the molecule is CC1(C)CCCN(c2nc3ccccc3c(=O)[nH]2)CC1. The highest BCUT2D eigenvalue weighted by Gasteiger charge is 2.24. The van der Waals surface area contributed by atoms with E-state index in [-0.39, 0.29) is 5.56 Å². The first-order chi connectivity index (χ1) is 9.55. The van der Waals surface area contributed by atoms with Crippen LogP contribution in [-0.2, 0) is 0 Å². The lowest BCUT2D eigenvalue weighted by molar-refractivity contribution is 0.325. The molecular weight excluding hydrogens is 250 g/mol. The molecular formula is C16H21N3O. The summed E-state index contributed by atoms with van der Waals surface area (Å²) in [5, 5.41) is 0.659. The van der Waals surface area contributed by atoms with E-state index in [9.17, 15) is 4.79 Å². The molecule has 0 spiro atoms. The van der Waals surface area contributed by atoms with Crippen molar-refractivity contribution < 1.29 is 0 Å². The van der Waals surface area contributed by atoms with Gasteiger partial charge in [0, 0.05) is 13.1 Å². The monoisotopic (exact) mass is 271 g/mol. The number of H-pyrrole nitrogens is 1. The van der Waals surface area contributed by atoms with E-state index in [2.05, 4.69) is 28.7 Å². The van der Waals surface area contributed by atoms with Crippen molar-refractivity contribution in [3.8, 4) is 0 Å². The second-order valence-electron chi connectivity index (χ2n) is 6.41. The Bertz CT molecular complexity index is 675. The lowest BCUT2D eigenvalue weighted by Crippen LogP contribution is -2.29. The van der Waals surface area contributed by atoms with Crippen LogP contribution in [0, 0.1) is 5.41 Å². The molecule has 2 heterocycles. The maximum absolute atomic E-state index is 12.1. The van der Waals surface area contributed by atoms with Gasteiger partial charge in [-0.05, 0) is 36.8 Å². The quantitative estimate of drug-likeness (QED) is 0.867. The Morgan fingerprint density at radius 3 is 2.85 bits per heavy atom. The van der Waals surface area contributed by atoms with Crippen LogP contribution in [0.3, 0.4) is 0 Å². The second kappa shape index (κ2) is 4.93. The summed E-state index contributed by atoms with van der Waals surface area (Å²) in [5.41, 5.74) is 1.11. The fourth-order valence-corrected chi connectivity index (χ4v) is 2.86. The van der Waals surface area contributed by atoms with Gasteiger partial charge in [-0.25, -0.2) is 4.98 Å². The zero-order valence-corrected chi connectivity index (χ0v) is 12.1. The lowest BCUT2D eigenvalue weighted by Gasteiger charge is -2.23. The maximum Gasteiger partial charge on any atom is 0.260 e. The molecule has 4 nitrogen and oxygen atoms in total. The molecule has 0 atom stereocenters. The summed E-state index contributed by atoms with van der Waals surface area (Å²) < 4.78 is 0. The first-order valence-electron chi connectivity index (χ1n) is 7.29. The van der Waals surface area contributed by atoms with E-state index in [0.29, 0.717) is 16.7 Å². The average Bonchev–Trinajstić information content (AvgIpc) is 2.60. The Balaban J connectivity index is 1.96. The van der Waals surface area contributed by atoms with Gasteiger partial charge in [-0.3, -0.25) is 9.78 Å². The van der Waals surface area contributed by atoms with Crippen molar-refractivity contribution in [3.63, 3.8) is 0 Å². The third-order valence-corrected chi connectivity index (χ3v) is 4.24. The summed E-state index contributed by atoms with van der Waals surface area (Å²) in [5.74, 6) is 0.714. The van der Waals surface area contributed by atoms with Gasteiger partial charge < -0.3 is 4.90 Å². The Labute approximate surface area is 118 Å². The fraction of sp³-hybridized carbons (Fsp3) is 0.500. The molecule has 0 saturated carbocycles. The predicted molar refractivity (Wildman–Crippen MR) is 82.2 cm³/mol. The van der Waals surface area contributed by atoms with Gasteiger partial charge in [0.2, 0.25) is 5.95 Å². The van der Waals surface area contributed by atoms with Crippen LogP contribution >= 0.6 is 0 Å². The highest BCUT2D eigenvalue weighted by atomic mass is 16.1. The Morgan fingerprint density at radius 2 is 2.00 bits per heavy atom. The fourth-order valence-electron chi connectivity index (χ4n) is 2.86. The van der Waals surface area contributed by atoms with Crippen molar-refractivity contribution in [1.29, 1.82) is 0 Å². The first-order valence-corrected chi connectivity index (χ1v) is 7.29. The number of hydrogen-bond acceptors (Lipinski definition) is 3. The van der Waals surface area contributed by atoms with Crippen molar-refractivity contribution in [1.82, 2.24) is 9.97 Å². The van der Waals surface area contributed by atoms with E-state index in [1.807, 2.05) is 24.3 Å². The maximum atomic E-state index is 12.1. The predicted octanol–water partition coefficient (Wildman–Crippen LogP) is 2.94. The number of hydrogen-bond donors (Lipinski definition) is 1. The van der Waals surface area contributed by atoms with Gasteiger partial charge in [-0.15, -0.1) is 0 Å². The molecule has 2 aromatic rings. The number of nitrogens with zero attached hydrogens (tertiary/aromatic N) is 2. The van der Waals surface area contributed by atoms with Crippen LogP contribution in [0.25, 0.3) is 10.9 Å². The number of anilines is 1. The van der Waals surface area contributed by atoms with Gasteiger partial charge in [0.1, 0.15) is 0 Å². The summed E-state index contributed by atoms with van der Waals surface area (Å²) in [6.45, 7) is 6.54. The molecule has 1 N–H and O–H groups in total. The largest absolute Gasteiger partial charge is 0.342 e. The van der Waals surface area contributed by atoms with Crippen LogP contribution in [0.15, 0.2) is 29.1 Å².